The van der Waals surface area contributed by atoms with E-state index in [9.17, 15) is 9.18 Å². The first kappa shape index (κ1) is 18.5. The quantitative estimate of drug-likeness (QED) is 0.537. The lowest BCUT2D eigenvalue weighted by molar-refractivity contribution is 0.575. The van der Waals surface area contributed by atoms with E-state index in [-0.39, 0.29) is 11.2 Å². The van der Waals surface area contributed by atoms with Gasteiger partial charge in [0.1, 0.15) is 0 Å². The molecule has 0 saturated heterocycles. The van der Waals surface area contributed by atoms with Crippen LogP contribution in [0.15, 0.2) is 58.8 Å². The van der Waals surface area contributed by atoms with Gasteiger partial charge in [-0.25, -0.2) is 4.39 Å². The van der Waals surface area contributed by atoms with Crippen LogP contribution in [0.5, 0.6) is 0 Å². The number of halogens is 1. The Labute approximate surface area is 164 Å². The maximum absolute atomic E-state index is 14.6. The van der Waals surface area contributed by atoms with Gasteiger partial charge in [-0.15, -0.1) is 10.2 Å². The van der Waals surface area contributed by atoms with Crippen LogP contribution in [0.25, 0.3) is 22.1 Å². The Hall–Kier alpha value is -3.88. The van der Waals surface area contributed by atoms with Crippen LogP contribution in [0.2, 0.25) is 0 Å². The Bertz CT molecular complexity index is 1340. The van der Waals surface area contributed by atoms with Crippen LogP contribution < -0.4 is 11.3 Å². The maximum Gasteiger partial charge on any atom is 0.260 e. The minimum Gasteiger partial charge on any atom is -0.404 e. The van der Waals surface area contributed by atoms with Crippen LogP contribution >= 0.6 is 0 Å². The molecule has 1 atom stereocenters. The van der Waals surface area contributed by atoms with E-state index in [0.717, 1.165) is 0 Å². The van der Waals surface area contributed by atoms with Crippen molar-refractivity contribution in [1.29, 1.82) is 0 Å². The normalized spacial score (nSPS) is 13.6. The van der Waals surface area contributed by atoms with Gasteiger partial charge >= 0.3 is 0 Å². The summed E-state index contributed by atoms with van der Waals surface area (Å²) < 4.78 is 17.7. The molecule has 2 N–H and O–H groups in total. The highest BCUT2D eigenvalue weighted by atomic mass is 19.1. The highest BCUT2D eigenvalue weighted by molar-refractivity contribution is 6.09. The molecule has 4 aromatic rings. The standard InChI is InChI=1S/C20H18FN7O/c1-12(27-7-5-17-15(20(27)29)4-3-6-24-17)18-25-26-19-16(21)8-13(11-28(18)19)14(9-22)10-23-2/h3-12H,22H2,1-2H3. The third kappa shape index (κ3) is 3.06. The summed E-state index contributed by atoms with van der Waals surface area (Å²) in [5, 5.41) is 8.59. The topological polar surface area (TPSA) is 103 Å². The summed E-state index contributed by atoms with van der Waals surface area (Å²) in [5.74, 6) is -0.136. The number of allylic oxidation sites excluding steroid dienone is 1. The number of rotatable bonds is 4. The molecule has 0 amide bonds. The maximum atomic E-state index is 14.6. The van der Waals surface area contributed by atoms with Gasteiger partial charge in [-0.05, 0) is 31.2 Å². The van der Waals surface area contributed by atoms with Crippen molar-refractivity contribution in [1.82, 2.24) is 24.1 Å². The zero-order chi connectivity index (χ0) is 20.5. The van der Waals surface area contributed by atoms with Gasteiger partial charge in [0.25, 0.3) is 5.56 Å². The van der Waals surface area contributed by atoms with Crippen molar-refractivity contribution in [2.75, 3.05) is 7.05 Å². The van der Waals surface area contributed by atoms with E-state index in [4.69, 9.17) is 5.73 Å². The highest BCUT2D eigenvalue weighted by Crippen LogP contribution is 2.22. The summed E-state index contributed by atoms with van der Waals surface area (Å²) in [6, 6.07) is 6.02. The molecule has 0 bridgehead atoms. The predicted octanol–water partition coefficient (Wildman–Crippen LogP) is 2.19. The largest absolute Gasteiger partial charge is 0.404 e. The van der Waals surface area contributed by atoms with Gasteiger partial charge in [0.2, 0.25) is 0 Å². The van der Waals surface area contributed by atoms with Crippen LogP contribution in [0.4, 0.5) is 4.39 Å². The first-order valence-electron chi connectivity index (χ1n) is 8.89. The van der Waals surface area contributed by atoms with Crippen LogP contribution in [0, 0.1) is 5.82 Å². The van der Waals surface area contributed by atoms with Gasteiger partial charge in [0.05, 0.1) is 16.9 Å². The van der Waals surface area contributed by atoms with Crippen molar-refractivity contribution in [3.8, 4) is 0 Å². The minimum atomic E-state index is -0.549. The van der Waals surface area contributed by atoms with Crippen LogP contribution in [0.3, 0.4) is 0 Å². The second kappa shape index (κ2) is 7.27. The van der Waals surface area contributed by atoms with Crippen molar-refractivity contribution < 1.29 is 4.39 Å². The summed E-state index contributed by atoms with van der Waals surface area (Å²) in [6.07, 6.45) is 7.85. The first-order chi connectivity index (χ1) is 14.0. The zero-order valence-corrected chi connectivity index (χ0v) is 15.8. The molecule has 0 radical (unpaired) electrons. The molecule has 0 aliphatic carbocycles. The smallest absolute Gasteiger partial charge is 0.260 e. The highest BCUT2D eigenvalue weighted by Gasteiger charge is 2.20. The van der Waals surface area contributed by atoms with E-state index in [1.54, 1.807) is 50.8 Å². The Balaban J connectivity index is 1.89. The molecule has 0 spiro atoms. The molecule has 0 aromatic carbocycles. The lowest BCUT2D eigenvalue weighted by atomic mass is 10.1. The molecule has 0 fully saturated rings. The van der Waals surface area contributed by atoms with E-state index in [0.29, 0.717) is 27.9 Å². The van der Waals surface area contributed by atoms with E-state index in [1.807, 2.05) is 0 Å². The number of hydrogen-bond acceptors (Lipinski definition) is 6. The summed E-state index contributed by atoms with van der Waals surface area (Å²) in [6.45, 7) is 1.80. The first-order valence-corrected chi connectivity index (χ1v) is 8.89. The average molecular weight is 391 g/mol. The fourth-order valence-corrected chi connectivity index (χ4v) is 3.28. The van der Waals surface area contributed by atoms with Crippen molar-refractivity contribution in [3.63, 3.8) is 0 Å². The van der Waals surface area contributed by atoms with Crippen molar-refractivity contribution >= 4 is 28.3 Å². The fraction of sp³-hybridized carbons (Fsp3) is 0.150. The molecule has 9 heteroatoms. The van der Waals surface area contributed by atoms with Crippen LogP contribution in [-0.2, 0) is 0 Å². The number of aromatic nitrogens is 5. The molecule has 1 unspecified atom stereocenters. The monoisotopic (exact) mass is 391 g/mol. The molecular formula is C20H18FN7O. The van der Waals surface area contributed by atoms with Gasteiger partial charge in [0.15, 0.2) is 17.3 Å². The van der Waals surface area contributed by atoms with Crippen molar-refractivity contribution in [2.24, 2.45) is 10.7 Å². The van der Waals surface area contributed by atoms with Gasteiger partial charge < -0.3 is 10.3 Å². The minimum absolute atomic E-state index is 0.0657. The van der Waals surface area contributed by atoms with E-state index < -0.39 is 11.9 Å². The fourth-order valence-electron chi connectivity index (χ4n) is 3.28. The third-order valence-corrected chi connectivity index (χ3v) is 4.75. The Morgan fingerprint density at radius 1 is 1.34 bits per heavy atom. The summed E-state index contributed by atoms with van der Waals surface area (Å²) in [4.78, 5) is 21.1. The zero-order valence-electron chi connectivity index (χ0n) is 15.8. The molecule has 29 heavy (non-hydrogen) atoms. The third-order valence-electron chi connectivity index (χ3n) is 4.75. The van der Waals surface area contributed by atoms with Gasteiger partial charge in [-0.3, -0.25) is 19.2 Å². The molecule has 8 nitrogen and oxygen atoms in total. The van der Waals surface area contributed by atoms with Crippen molar-refractivity contribution in [2.45, 2.75) is 13.0 Å². The second-order valence-electron chi connectivity index (χ2n) is 6.48. The van der Waals surface area contributed by atoms with E-state index >= 15 is 0 Å². The van der Waals surface area contributed by atoms with Crippen LogP contribution in [-0.4, -0.2) is 37.4 Å². The molecule has 0 aliphatic rings. The molecular weight excluding hydrogens is 373 g/mol. The second-order valence-corrected chi connectivity index (χ2v) is 6.48. The number of hydrogen-bond donors (Lipinski definition) is 1. The molecule has 4 aromatic heterocycles. The molecule has 146 valence electrons. The molecule has 4 rings (SSSR count). The molecule has 4 heterocycles. The van der Waals surface area contributed by atoms with E-state index in [2.05, 4.69) is 20.2 Å². The van der Waals surface area contributed by atoms with Gasteiger partial charge in [-0.2, -0.15) is 0 Å². The number of nitrogens with zero attached hydrogens (tertiary/aromatic N) is 6. The van der Waals surface area contributed by atoms with Crippen LogP contribution in [0.1, 0.15) is 24.4 Å². The Morgan fingerprint density at radius 3 is 2.93 bits per heavy atom. The molecule has 0 aliphatic heterocycles. The Kier molecular flexibility index (Phi) is 4.63. The SMILES string of the molecule is CN=CC(=CN)c1cc(F)c2nnc(C(C)n3ccc4ncccc4c3=O)n2c1. The lowest BCUT2D eigenvalue weighted by Gasteiger charge is -2.15. The number of aliphatic imine (C=N–C) groups is 1. The predicted molar refractivity (Wildman–Crippen MR) is 109 cm³/mol. The summed E-state index contributed by atoms with van der Waals surface area (Å²) >= 11 is 0. The van der Waals surface area contributed by atoms with Crippen molar-refractivity contribution in [3.05, 3.63) is 76.6 Å². The average Bonchev–Trinajstić information content (AvgIpc) is 3.16. The number of nitrogens with two attached hydrogens (primary N) is 1. The summed E-state index contributed by atoms with van der Waals surface area (Å²) in [7, 11) is 1.60. The number of pyridine rings is 3. The lowest BCUT2D eigenvalue weighted by Crippen LogP contribution is -2.25. The molecule has 0 saturated carbocycles. The van der Waals surface area contributed by atoms with Gasteiger partial charge in [-0.1, -0.05) is 0 Å². The van der Waals surface area contributed by atoms with E-state index in [1.165, 1.54) is 27.4 Å². The number of fused-ring (bicyclic) bond motifs is 2. The van der Waals surface area contributed by atoms with Gasteiger partial charge in [0, 0.05) is 49.2 Å². The summed E-state index contributed by atoms with van der Waals surface area (Å²) in [5.41, 5.74) is 7.19. The Morgan fingerprint density at radius 2 is 2.17 bits per heavy atom.